The van der Waals surface area contributed by atoms with Crippen LogP contribution in [0.15, 0.2) is 35.9 Å². The summed E-state index contributed by atoms with van der Waals surface area (Å²) in [6.07, 6.45) is 1.82. The summed E-state index contributed by atoms with van der Waals surface area (Å²) in [5.41, 5.74) is 1.17. The van der Waals surface area contributed by atoms with E-state index >= 15 is 0 Å². The van der Waals surface area contributed by atoms with Gasteiger partial charge in [0.25, 0.3) is 0 Å². The van der Waals surface area contributed by atoms with Crippen molar-refractivity contribution in [3.8, 4) is 5.75 Å². The van der Waals surface area contributed by atoms with Crippen LogP contribution in [-0.2, 0) is 4.79 Å². The van der Waals surface area contributed by atoms with Gasteiger partial charge in [-0.25, -0.2) is 0 Å². The van der Waals surface area contributed by atoms with Gasteiger partial charge in [0.2, 0.25) is 5.91 Å². The molecule has 0 aromatic heterocycles. The average Bonchev–Trinajstić information content (AvgIpc) is 2.32. The van der Waals surface area contributed by atoms with Gasteiger partial charge in [0.15, 0.2) is 0 Å². The zero-order chi connectivity index (χ0) is 12.1. The topological polar surface area (TPSA) is 29.5 Å². The Kier molecular flexibility index (Phi) is 4.09. The molecule has 4 heteroatoms. The van der Waals surface area contributed by atoms with Crippen LogP contribution in [0, 0.1) is 6.92 Å². The lowest BCUT2D eigenvalue weighted by Crippen LogP contribution is -2.32. The fraction of sp³-hybridized carbons (Fsp3) is 0.308. The van der Waals surface area contributed by atoms with Gasteiger partial charge in [-0.3, -0.25) is 4.79 Å². The quantitative estimate of drug-likeness (QED) is 0.820. The molecule has 1 aliphatic heterocycles. The maximum Gasteiger partial charge on any atom is 0.236 e. The number of hydrogen-bond acceptors (Lipinski definition) is 3. The number of aryl methyl sites for hydroxylation is 1. The number of benzene rings is 1. The third-order valence-electron chi connectivity index (χ3n) is 2.45. The second kappa shape index (κ2) is 5.77. The molecule has 0 radical (unpaired) electrons. The highest BCUT2D eigenvalue weighted by atomic mass is 32.2. The summed E-state index contributed by atoms with van der Waals surface area (Å²) in [7, 11) is 0. The Labute approximate surface area is 105 Å². The van der Waals surface area contributed by atoms with Crippen molar-refractivity contribution in [2.45, 2.75) is 6.92 Å². The SMILES string of the molecule is Cc1cccc(OCCN2C=CSCC2=O)c1. The fourth-order valence-electron chi connectivity index (χ4n) is 1.57. The predicted octanol–water partition coefficient (Wildman–Crippen LogP) is 2.42. The highest BCUT2D eigenvalue weighted by molar-refractivity contribution is 8.02. The van der Waals surface area contributed by atoms with Crippen LogP contribution in [0.1, 0.15) is 5.56 Å². The summed E-state index contributed by atoms with van der Waals surface area (Å²) in [5, 5.41) is 1.94. The Hall–Kier alpha value is -1.42. The molecule has 1 aromatic carbocycles. The van der Waals surface area contributed by atoms with Gasteiger partial charge in [-0.05, 0) is 30.0 Å². The summed E-state index contributed by atoms with van der Waals surface area (Å²) in [5.74, 6) is 1.53. The van der Waals surface area contributed by atoms with Crippen molar-refractivity contribution in [1.82, 2.24) is 4.90 Å². The van der Waals surface area contributed by atoms with E-state index < -0.39 is 0 Å². The summed E-state index contributed by atoms with van der Waals surface area (Å²) in [6, 6.07) is 7.91. The van der Waals surface area contributed by atoms with Crippen LogP contribution < -0.4 is 4.74 Å². The summed E-state index contributed by atoms with van der Waals surface area (Å²) in [6.45, 7) is 3.15. The lowest BCUT2D eigenvalue weighted by atomic mass is 10.2. The highest BCUT2D eigenvalue weighted by Gasteiger charge is 2.13. The van der Waals surface area contributed by atoms with E-state index in [0.29, 0.717) is 18.9 Å². The Bertz CT molecular complexity index is 431. The Morgan fingerprint density at radius 2 is 2.35 bits per heavy atom. The monoisotopic (exact) mass is 249 g/mol. The third-order valence-corrected chi connectivity index (χ3v) is 3.18. The molecule has 0 fully saturated rings. The third kappa shape index (κ3) is 3.53. The molecule has 90 valence electrons. The van der Waals surface area contributed by atoms with Crippen LogP contribution in [-0.4, -0.2) is 29.7 Å². The van der Waals surface area contributed by atoms with Gasteiger partial charge >= 0.3 is 0 Å². The molecule has 1 heterocycles. The summed E-state index contributed by atoms with van der Waals surface area (Å²) >= 11 is 1.53. The van der Waals surface area contributed by atoms with Gasteiger partial charge < -0.3 is 9.64 Å². The minimum absolute atomic E-state index is 0.144. The molecule has 3 nitrogen and oxygen atoms in total. The van der Waals surface area contributed by atoms with E-state index in [4.69, 9.17) is 4.74 Å². The average molecular weight is 249 g/mol. The van der Waals surface area contributed by atoms with Crippen LogP contribution >= 0.6 is 11.8 Å². The van der Waals surface area contributed by atoms with Crippen molar-refractivity contribution in [3.05, 3.63) is 41.4 Å². The molecule has 1 aliphatic rings. The number of hydrogen-bond donors (Lipinski definition) is 0. The van der Waals surface area contributed by atoms with E-state index in [1.165, 1.54) is 17.3 Å². The second-order valence-electron chi connectivity index (χ2n) is 3.85. The maximum atomic E-state index is 11.5. The summed E-state index contributed by atoms with van der Waals surface area (Å²) < 4.78 is 5.60. The van der Waals surface area contributed by atoms with E-state index in [-0.39, 0.29) is 5.91 Å². The van der Waals surface area contributed by atoms with Crippen molar-refractivity contribution in [2.24, 2.45) is 0 Å². The van der Waals surface area contributed by atoms with Crippen LogP contribution in [0.5, 0.6) is 5.75 Å². The molecule has 1 aromatic rings. The molecule has 0 saturated heterocycles. The largest absolute Gasteiger partial charge is 0.492 e. The first-order valence-corrected chi connectivity index (χ1v) is 6.58. The first-order chi connectivity index (χ1) is 8.25. The lowest BCUT2D eigenvalue weighted by molar-refractivity contribution is -0.126. The van der Waals surface area contributed by atoms with E-state index in [9.17, 15) is 4.79 Å². The van der Waals surface area contributed by atoms with Gasteiger partial charge in [-0.1, -0.05) is 12.1 Å². The maximum absolute atomic E-state index is 11.5. The lowest BCUT2D eigenvalue weighted by Gasteiger charge is -2.21. The molecule has 17 heavy (non-hydrogen) atoms. The first kappa shape index (κ1) is 12.0. The molecule has 0 aliphatic carbocycles. The normalized spacial score (nSPS) is 15.1. The van der Waals surface area contributed by atoms with Crippen molar-refractivity contribution in [2.75, 3.05) is 18.9 Å². The van der Waals surface area contributed by atoms with E-state index in [0.717, 1.165) is 5.75 Å². The molecule has 0 atom stereocenters. The van der Waals surface area contributed by atoms with Gasteiger partial charge in [0.05, 0.1) is 12.3 Å². The van der Waals surface area contributed by atoms with E-state index in [1.807, 2.05) is 42.8 Å². The second-order valence-corrected chi connectivity index (χ2v) is 4.74. The Morgan fingerprint density at radius 1 is 1.47 bits per heavy atom. The molecule has 2 rings (SSSR count). The van der Waals surface area contributed by atoms with Gasteiger partial charge in [0.1, 0.15) is 12.4 Å². The van der Waals surface area contributed by atoms with Crippen LogP contribution in [0.3, 0.4) is 0 Å². The van der Waals surface area contributed by atoms with Crippen molar-refractivity contribution in [3.63, 3.8) is 0 Å². The number of rotatable bonds is 4. The first-order valence-electron chi connectivity index (χ1n) is 5.53. The zero-order valence-electron chi connectivity index (χ0n) is 9.76. The smallest absolute Gasteiger partial charge is 0.236 e. The fourth-order valence-corrected chi connectivity index (χ4v) is 2.21. The molecule has 1 amide bonds. The Morgan fingerprint density at radius 3 is 3.12 bits per heavy atom. The van der Waals surface area contributed by atoms with E-state index in [2.05, 4.69) is 0 Å². The molecule has 0 saturated carbocycles. The predicted molar refractivity (Wildman–Crippen MR) is 70.0 cm³/mol. The molecular formula is C13H15NO2S. The van der Waals surface area contributed by atoms with Gasteiger partial charge in [-0.2, -0.15) is 0 Å². The number of nitrogens with zero attached hydrogens (tertiary/aromatic N) is 1. The minimum atomic E-state index is 0.144. The zero-order valence-corrected chi connectivity index (χ0v) is 10.6. The van der Waals surface area contributed by atoms with Gasteiger partial charge in [0, 0.05) is 6.20 Å². The summed E-state index contributed by atoms with van der Waals surface area (Å²) in [4.78, 5) is 13.2. The standard InChI is InChI=1S/C13H15NO2S/c1-11-3-2-4-12(9-11)16-7-5-14-6-8-17-10-13(14)15/h2-4,6,8-9H,5,7,10H2,1H3. The molecular weight excluding hydrogens is 234 g/mol. The van der Waals surface area contributed by atoms with Crippen molar-refractivity contribution < 1.29 is 9.53 Å². The molecule has 0 unspecified atom stereocenters. The number of ether oxygens (including phenoxy) is 1. The number of carbonyl (C=O) groups is 1. The number of thioether (sulfide) groups is 1. The van der Waals surface area contributed by atoms with Crippen molar-refractivity contribution >= 4 is 17.7 Å². The Balaban J connectivity index is 1.81. The number of amides is 1. The molecule has 0 bridgehead atoms. The molecule has 0 spiro atoms. The minimum Gasteiger partial charge on any atom is -0.492 e. The molecule has 0 N–H and O–H groups in total. The van der Waals surface area contributed by atoms with Crippen LogP contribution in [0.2, 0.25) is 0 Å². The van der Waals surface area contributed by atoms with Gasteiger partial charge in [-0.15, -0.1) is 11.8 Å². The van der Waals surface area contributed by atoms with Crippen molar-refractivity contribution in [1.29, 1.82) is 0 Å². The van der Waals surface area contributed by atoms with Crippen LogP contribution in [0.25, 0.3) is 0 Å². The van der Waals surface area contributed by atoms with Crippen LogP contribution in [0.4, 0.5) is 0 Å². The van der Waals surface area contributed by atoms with E-state index in [1.54, 1.807) is 4.90 Å². The highest BCUT2D eigenvalue weighted by Crippen LogP contribution is 2.14. The number of carbonyl (C=O) groups excluding carboxylic acids is 1.